The van der Waals surface area contributed by atoms with Gasteiger partial charge >= 0.3 is 0 Å². The predicted molar refractivity (Wildman–Crippen MR) is 74.2 cm³/mol. The van der Waals surface area contributed by atoms with Gasteiger partial charge in [-0.05, 0) is 31.6 Å². The van der Waals surface area contributed by atoms with E-state index in [0.29, 0.717) is 6.04 Å². The summed E-state index contributed by atoms with van der Waals surface area (Å²) in [5, 5.41) is 17.2. The number of rotatable bonds is 8. The molecular formula is C14H25N3O2. The van der Waals surface area contributed by atoms with Gasteiger partial charge in [-0.1, -0.05) is 6.92 Å². The standard InChI is InChI=1S/C14H25N3O2/c1-4-12-11(14(19-3)17(2)16-12)9-15-13(7-8-18)10-5-6-10/h10,13,15,18H,4-9H2,1-3H3. The first-order chi connectivity index (χ1) is 9.21. The maximum Gasteiger partial charge on any atom is 0.216 e. The van der Waals surface area contributed by atoms with Gasteiger partial charge in [-0.15, -0.1) is 0 Å². The van der Waals surface area contributed by atoms with Crippen LogP contribution < -0.4 is 10.1 Å². The molecule has 0 radical (unpaired) electrons. The highest BCUT2D eigenvalue weighted by atomic mass is 16.5. The summed E-state index contributed by atoms with van der Waals surface area (Å²) < 4.78 is 7.24. The first kappa shape index (κ1) is 14.3. The summed E-state index contributed by atoms with van der Waals surface area (Å²) in [4.78, 5) is 0. The zero-order chi connectivity index (χ0) is 13.8. The summed E-state index contributed by atoms with van der Waals surface area (Å²) >= 11 is 0. The van der Waals surface area contributed by atoms with E-state index in [-0.39, 0.29) is 6.61 Å². The minimum atomic E-state index is 0.249. The van der Waals surface area contributed by atoms with Gasteiger partial charge in [-0.3, -0.25) is 0 Å². The van der Waals surface area contributed by atoms with Crippen molar-refractivity contribution >= 4 is 0 Å². The summed E-state index contributed by atoms with van der Waals surface area (Å²) in [6.07, 6.45) is 4.29. The highest BCUT2D eigenvalue weighted by Crippen LogP contribution is 2.34. The highest BCUT2D eigenvalue weighted by Gasteiger charge is 2.30. The molecule has 2 N–H and O–H groups in total. The molecular weight excluding hydrogens is 242 g/mol. The molecule has 5 nitrogen and oxygen atoms in total. The molecule has 1 unspecified atom stereocenters. The highest BCUT2D eigenvalue weighted by molar-refractivity contribution is 5.31. The molecule has 1 aliphatic rings. The number of nitrogens with one attached hydrogen (secondary N) is 1. The summed E-state index contributed by atoms with van der Waals surface area (Å²) in [6.45, 7) is 3.12. The number of ether oxygens (including phenoxy) is 1. The number of aliphatic hydroxyl groups is 1. The van der Waals surface area contributed by atoms with Gasteiger partial charge in [-0.25, -0.2) is 4.68 Å². The normalized spacial score (nSPS) is 16.6. The lowest BCUT2D eigenvalue weighted by atomic mass is 10.1. The number of aliphatic hydroxyl groups excluding tert-OH is 1. The molecule has 0 bridgehead atoms. The first-order valence-electron chi connectivity index (χ1n) is 7.14. The average molecular weight is 267 g/mol. The second-order valence-corrected chi connectivity index (χ2v) is 5.25. The van der Waals surface area contributed by atoms with Crippen LogP contribution in [0.4, 0.5) is 0 Å². The Hall–Kier alpha value is -1.07. The fourth-order valence-corrected chi connectivity index (χ4v) is 2.70. The number of methoxy groups -OCH3 is 1. The molecule has 1 atom stereocenters. The lowest BCUT2D eigenvalue weighted by molar-refractivity contribution is 0.255. The van der Waals surface area contributed by atoms with Crippen molar-refractivity contribution in [2.75, 3.05) is 13.7 Å². The Morgan fingerprint density at radius 2 is 2.26 bits per heavy atom. The van der Waals surface area contributed by atoms with Crippen molar-refractivity contribution in [3.8, 4) is 5.88 Å². The van der Waals surface area contributed by atoms with E-state index in [1.807, 2.05) is 7.05 Å². The molecule has 0 aromatic carbocycles. The SMILES string of the molecule is CCc1nn(C)c(OC)c1CNC(CCO)C1CC1. The Kier molecular flexibility index (Phi) is 4.82. The molecule has 19 heavy (non-hydrogen) atoms. The molecule has 0 amide bonds. The third-order valence-electron chi connectivity index (χ3n) is 3.87. The van der Waals surface area contributed by atoms with Crippen LogP contribution >= 0.6 is 0 Å². The van der Waals surface area contributed by atoms with Crippen LogP contribution in [0.15, 0.2) is 0 Å². The van der Waals surface area contributed by atoms with E-state index in [0.717, 1.165) is 42.4 Å². The topological polar surface area (TPSA) is 59.3 Å². The number of hydrogen-bond acceptors (Lipinski definition) is 4. The van der Waals surface area contributed by atoms with Crippen molar-refractivity contribution in [3.63, 3.8) is 0 Å². The van der Waals surface area contributed by atoms with Crippen LogP contribution in [0.5, 0.6) is 5.88 Å². The van der Waals surface area contributed by atoms with Crippen LogP contribution in [0.2, 0.25) is 0 Å². The molecule has 1 aromatic heterocycles. The Bertz CT molecular complexity index is 413. The second-order valence-electron chi connectivity index (χ2n) is 5.25. The zero-order valence-corrected chi connectivity index (χ0v) is 12.1. The fraction of sp³-hybridized carbons (Fsp3) is 0.786. The van der Waals surface area contributed by atoms with Gasteiger partial charge in [0, 0.05) is 26.2 Å². The summed E-state index contributed by atoms with van der Waals surface area (Å²) in [5.41, 5.74) is 2.24. The average Bonchev–Trinajstić information content (AvgIpc) is 3.19. The monoisotopic (exact) mass is 267 g/mol. The zero-order valence-electron chi connectivity index (χ0n) is 12.1. The van der Waals surface area contributed by atoms with Crippen LogP contribution in [0, 0.1) is 5.92 Å². The minimum absolute atomic E-state index is 0.249. The van der Waals surface area contributed by atoms with Crippen LogP contribution in [0.3, 0.4) is 0 Å². The summed E-state index contributed by atoms with van der Waals surface area (Å²) in [7, 11) is 3.60. The largest absolute Gasteiger partial charge is 0.481 e. The Balaban J connectivity index is 2.04. The smallest absolute Gasteiger partial charge is 0.216 e. The Morgan fingerprint density at radius 3 is 2.79 bits per heavy atom. The van der Waals surface area contributed by atoms with Gasteiger partial charge in [0.15, 0.2) is 0 Å². The van der Waals surface area contributed by atoms with E-state index in [2.05, 4.69) is 17.3 Å². The molecule has 1 aliphatic carbocycles. The molecule has 108 valence electrons. The number of nitrogens with zero attached hydrogens (tertiary/aromatic N) is 2. The Labute approximate surface area is 115 Å². The van der Waals surface area contributed by atoms with E-state index in [1.54, 1.807) is 11.8 Å². The quantitative estimate of drug-likeness (QED) is 0.744. The van der Waals surface area contributed by atoms with Crippen LogP contribution in [-0.4, -0.2) is 34.6 Å². The van der Waals surface area contributed by atoms with Crippen molar-refractivity contribution in [2.24, 2.45) is 13.0 Å². The summed E-state index contributed by atoms with van der Waals surface area (Å²) in [5.74, 6) is 1.57. The molecule has 1 saturated carbocycles. The number of aryl methyl sites for hydroxylation is 2. The first-order valence-corrected chi connectivity index (χ1v) is 7.14. The van der Waals surface area contributed by atoms with Crippen LogP contribution in [-0.2, 0) is 20.0 Å². The van der Waals surface area contributed by atoms with Crippen LogP contribution in [0.25, 0.3) is 0 Å². The molecule has 0 aliphatic heterocycles. The molecule has 1 aromatic rings. The van der Waals surface area contributed by atoms with Gasteiger partial charge in [0.25, 0.3) is 0 Å². The van der Waals surface area contributed by atoms with Gasteiger partial charge in [0.05, 0.1) is 18.4 Å². The van der Waals surface area contributed by atoms with Crippen molar-refractivity contribution < 1.29 is 9.84 Å². The number of hydrogen-bond donors (Lipinski definition) is 2. The van der Waals surface area contributed by atoms with Gasteiger partial charge in [0.1, 0.15) is 0 Å². The van der Waals surface area contributed by atoms with E-state index in [1.165, 1.54) is 12.8 Å². The van der Waals surface area contributed by atoms with Gasteiger partial charge in [0.2, 0.25) is 5.88 Å². The maximum absolute atomic E-state index is 9.14. The van der Waals surface area contributed by atoms with E-state index in [9.17, 15) is 0 Å². The van der Waals surface area contributed by atoms with Crippen molar-refractivity contribution in [1.29, 1.82) is 0 Å². The predicted octanol–water partition coefficient (Wildman–Crippen LogP) is 1.24. The molecule has 0 spiro atoms. The minimum Gasteiger partial charge on any atom is -0.481 e. The summed E-state index contributed by atoms with van der Waals surface area (Å²) in [6, 6.07) is 0.416. The lowest BCUT2D eigenvalue weighted by Crippen LogP contribution is -2.31. The van der Waals surface area contributed by atoms with E-state index >= 15 is 0 Å². The second kappa shape index (κ2) is 6.39. The van der Waals surface area contributed by atoms with E-state index < -0.39 is 0 Å². The molecule has 0 saturated heterocycles. The lowest BCUT2D eigenvalue weighted by Gasteiger charge is -2.17. The fourth-order valence-electron chi connectivity index (χ4n) is 2.70. The maximum atomic E-state index is 9.14. The van der Waals surface area contributed by atoms with Gasteiger partial charge < -0.3 is 15.2 Å². The van der Waals surface area contributed by atoms with Crippen LogP contribution in [0.1, 0.15) is 37.4 Å². The number of aromatic nitrogens is 2. The van der Waals surface area contributed by atoms with Crippen molar-refractivity contribution in [2.45, 2.75) is 45.2 Å². The van der Waals surface area contributed by atoms with E-state index in [4.69, 9.17) is 9.84 Å². The molecule has 1 heterocycles. The third-order valence-corrected chi connectivity index (χ3v) is 3.87. The molecule has 5 heteroatoms. The third kappa shape index (κ3) is 3.28. The molecule has 2 rings (SSSR count). The molecule has 1 fully saturated rings. The Morgan fingerprint density at radius 1 is 1.53 bits per heavy atom. The van der Waals surface area contributed by atoms with Gasteiger partial charge in [-0.2, -0.15) is 5.10 Å². The van der Waals surface area contributed by atoms with Crippen molar-refractivity contribution in [3.05, 3.63) is 11.3 Å². The van der Waals surface area contributed by atoms with Crippen molar-refractivity contribution in [1.82, 2.24) is 15.1 Å².